The van der Waals surface area contributed by atoms with Gasteiger partial charge < -0.3 is 18.6 Å². The zero-order valence-electron chi connectivity index (χ0n) is 26.5. The molecule has 0 aliphatic carbocycles. The molecule has 5 aromatic rings. The number of fused-ring (bicyclic) bond motifs is 3. The average molecular weight is 589 g/mol. The highest BCUT2D eigenvalue weighted by Gasteiger charge is 2.42. The maximum atomic E-state index is 13.7. The van der Waals surface area contributed by atoms with E-state index in [9.17, 15) is 9.59 Å². The molecule has 0 spiro atoms. The molecule has 4 heterocycles. The summed E-state index contributed by atoms with van der Waals surface area (Å²) in [5.41, 5.74) is 7.51. The molecule has 0 bridgehead atoms. The van der Waals surface area contributed by atoms with Crippen LogP contribution in [-0.4, -0.2) is 26.2 Å². The van der Waals surface area contributed by atoms with Crippen LogP contribution in [0, 0.1) is 0 Å². The number of benzene rings is 3. The van der Waals surface area contributed by atoms with Crippen molar-refractivity contribution >= 4 is 33.3 Å². The van der Waals surface area contributed by atoms with E-state index in [1.165, 1.54) is 11.3 Å². The monoisotopic (exact) mass is 588 g/mol. The summed E-state index contributed by atoms with van der Waals surface area (Å²) in [6.07, 6.45) is 2.10. The second-order valence-corrected chi connectivity index (χ2v) is 13.7. The molecule has 0 amide bonds. The molecular formula is C38H40N2O4. The Labute approximate surface area is 257 Å². The molecule has 0 radical (unpaired) electrons. The number of nitrogens with zero attached hydrogens (tertiary/aromatic N) is 2. The van der Waals surface area contributed by atoms with E-state index < -0.39 is 5.63 Å². The fourth-order valence-corrected chi connectivity index (χ4v) is 7.29. The SMILES string of the molecule is CCN(CC)c1ccc2cc(-c3cccc(-c4cc5cc6c7c(c5oc4=O)C(C)(C)CCN7CCC6(C)C)c3)c(=O)oc2c1. The van der Waals surface area contributed by atoms with Crippen molar-refractivity contribution in [1.82, 2.24) is 0 Å². The maximum absolute atomic E-state index is 13.7. The molecule has 44 heavy (non-hydrogen) atoms. The minimum atomic E-state index is -0.406. The van der Waals surface area contributed by atoms with Crippen LogP contribution >= 0.6 is 0 Å². The molecule has 2 aliphatic rings. The predicted octanol–water partition coefficient (Wildman–Crippen LogP) is 8.25. The van der Waals surface area contributed by atoms with Gasteiger partial charge in [-0.05, 0) is 90.6 Å². The van der Waals surface area contributed by atoms with Crippen LogP contribution in [0.2, 0.25) is 0 Å². The van der Waals surface area contributed by atoms with Crippen molar-refractivity contribution in [1.29, 1.82) is 0 Å². The smallest absolute Gasteiger partial charge is 0.344 e. The van der Waals surface area contributed by atoms with Gasteiger partial charge in [-0.15, -0.1) is 0 Å². The molecule has 7 rings (SSSR count). The first kappa shape index (κ1) is 28.5. The van der Waals surface area contributed by atoms with E-state index in [-0.39, 0.29) is 16.5 Å². The van der Waals surface area contributed by atoms with Crippen molar-refractivity contribution in [2.24, 2.45) is 0 Å². The number of anilines is 2. The molecule has 0 N–H and O–H groups in total. The summed E-state index contributed by atoms with van der Waals surface area (Å²) in [6, 6.07) is 19.6. The van der Waals surface area contributed by atoms with Crippen LogP contribution in [0.3, 0.4) is 0 Å². The lowest BCUT2D eigenvalue weighted by Gasteiger charge is -2.48. The summed E-state index contributed by atoms with van der Waals surface area (Å²) >= 11 is 0. The van der Waals surface area contributed by atoms with Gasteiger partial charge in [0.25, 0.3) is 0 Å². The van der Waals surface area contributed by atoms with E-state index >= 15 is 0 Å². The van der Waals surface area contributed by atoms with Crippen molar-refractivity contribution < 1.29 is 8.83 Å². The van der Waals surface area contributed by atoms with E-state index in [4.69, 9.17) is 8.83 Å². The van der Waals surface area contributed by atoms with E-state index in [1.807, 2.05) is 48.5 Å². The summed E-state index contributed by atoms with van der Waals surface area (Å²) in [7, 11) is 0. The Morgan fingerprint density at radius 1 is 0.750 bits per heavy atom. The highest BCUT2D eigenvalue weighted by Crippen LogP contribution is 2.51. The van der Waals surface area contributed by atoms with Crippen LogP contribution < -0.4 is 21.1 Å². The van der Waals surface area contributed by atoms with Gasteiger partial charge in [0.1, 0.15) is 11.2 Å². The van der Waals surface area contributed by atoms with Gasteiger partial charge in [-0.3, -0.25) is 0 Å². The molecule has 6 nitrogen and oxygen atoms in total. The van der Waals surface area contributed by atoms with Gasteiger partial charge in [0.2, 0.25) is 0 Å². The zero-order valence-corrected chi connectivity index (χ0v) is 26.5. The van der Waals surface area contributed by atoms with Crippen LogP contribution in [0.4, 0.5) is 11.4 Å². The van der Waals surface area contributed by atoms with Crippen molar-refractivity contribution in [2.45, 2.75) is 65.2 Å². The Balaban J connectivity index is 1.36. The molecule has 3 aromatic carbocycles. The number of hydrogen-bond donors (Lipinski definition) is 0. The molecule has 226 valence electrons. The molecule has 2 aromatic heterocycles. The fraction of sp³-hybridized carbons (Fsp3) is 0.368. The molecular weight excluding hydrogens is 548 g/mol. The van der Waals surface area contributed by atoms with Crippen molar-refractivity contribution in [3.63, 3.8) is 0 Å². The minimum absolute atomic E-state index is 0.0225. The minimum Gasteiger partial charge on any atom is -0.422 e. The van der Waals surface area contributed by atoms with Gasteiger partial charge in [-0.25, -0.2) is 9.59 Å². The number of rotatable bonds is 5. The molecule has 0 saturated heterocycles. The number of hydrogen-bond acceptors (Lipinski definition) is 6. The lowest BCUT2D eigenvalue weighted by molar-refractivity contribution is 0.398. The van der Waals surface area contributed by atoms with E-state index in [0.717, 1.165) is 61.0 Å². The van der Waals surface area contributed by atoms with Crippen molar-refractivity contribution in [3.05, 3.63) is 92.6 Å². The van der Waals surface area contributed by atoms with Gasteiger partial charge >= 0.3 is 11.3 Å². The largest absolute Gasteiger partial charge is 0.422 e. The highest BCUT2D eigenvalue weighted by molar-refractivity contribution is 5.93. The first-order chi connectivity index (χ1) is 21.0. The highest BCUT2D eigenvalue weighted by atomic mass is 16.4. The second kappa shape index (κ2) is 10.1. The molecule has 0 fully saturated rings. The van der Waals surface area contributed by atoms with Gasteiger partial charge in [-0.1, -0.05) is 45.9 Å². The van der Waals surface area contributed by atoms with Gasteiger partial charge in [0, 0.05) is 60.0 Å². The third kappa shape index (κ3) is 4.45. The van der Waals surface area contributed by atoms with Crippen LogP contribution in [0.15, 0.2) is 79.1 Å². The summed E-state index contributed by atoms with van der Waals surface area (Å²) < 4.78 is 12.0. The first-order valence-corrected chi connectivity index (χ1v) is 15.8. The predicted molar refractivity (Wildman–Crippen MR) is 180 cm³/mol. The van der Waals surface area contributed by atoms with E-state index in [1.54, 1.807) is 0 Å². The third-order valence-electron chi connectivity index (χ3n) is 10.1. The fourth-order valence-electron chi connectivity index (χ4n) is 7.29. The molecule has 0 atom stereocenters. The topological polar surface area (TPSA) is 66.9 Å². The van der Waals surface area contributed by atoms with Crippen LogP contribution in [0.25, 0.3) is 44.2 Å². The summed E-state index contributed by atoms with van der Waals surface area (Å²) in [6.45, 7) is 17.1. The lowest BCUT2D eigenvalue weighted by Crippen LogP contribution is -2.44. The zero-order chi connectivity index (χ0) is 31.0. The quantitative estimate of drug-likeness (QED) is 0.193. The standard InChI is InChI=1S/C38H40N2O4/c1-7-39(8-2)27-13-12-25-19-28(35(41)43-31(25)22-27)23-10-9-11-24(18-23)29-20-26-21-30-33-32(34(26)44-36(29)42)38(5,6)15-17-40(33)16-14-37(30,3)4/h9-13,18-22H,7-8,14-17H2,1-6H3. The van der Waals surface area contributed by atoms with Crippen LogP contribution in [-0.2, 0) is 10.8 Å². The molecule has 6 heteroatoms. The second-order valence-electron chi connectivity index (χ2n) is 13.7. The Kier molecular flexibility index (Phi) is 6.54. The summed E-state index contributed by atoms with van der Waals surface area (Å²) in [4.78, 5) is 31.6. The average Bonchev–Trinajstić information content (AvgIpc) is 2.99. The first-order valence-electron chi connectivity index (χ1n) is 15.8. The third-order valence-corrected chi connectivity index (χ3v) is 10.1. The molecule has 0 saturated carbocycles. The molecule has 2 aliphatic heterocycles. The van der Waals surface area contributed by atoms with Crippen molar-refractivity contribution in [3.8, 4) is 22.3 Å². The van der Waals surface area contributed by atoms with Gasteiger partial charge in [0.05, 0.1) is 11.1 Å². The van der Waals surface area contributed by atoms with E-state index in [2.05, 4.69) is 63.5 Å². The molecule has 0 unspecified atom stereocenters. The Hall–Kier alpha value is -4.32. The Morgan fingerprint density at radius 3 is 2.07 bits per heavy atom. The normalized spacial score (nSPS) is 16.7. The van der Waals surface area contributed by atoms with Gasteiger partial charge in [0.15, 0.2) is 0 Å². The maximum Gasteiger partial charge on any atom is 0.344 e. The Bertz CT molecular complexity index is 2060. The van der Waals surface area contributed by atoms with Gasteiger partial charge in [-0.2, -0.15) is 0 Å². The Morgan fingerprint density at radius 2 is 1.39 bits per heavy atom. The van der Waals surface area contributed by atoms with Crippen LogP contribution in [0.1, 0.15) is 65.5 Å². The summed E-state index contributed by atoms with van der Waals surface area (Å²) in [5, 5.41) is 1.79. The lowest BCUT2D eigenvalue weighted by atomic mass is 9.69. The van der Waals surface area contributed by atoms with E-state index in [0.29, 0.717) is 33.4 Å². The van der Waals surface area contributed by atoms with Crippen molar-refractivity contribution in [2.75, 3.05) is 36.0 Å². The van der Waals surface area contributed by atoms with Crippen LogP contribution in [0.5, 0.6) is 0 Å². The summed E-state index contributed by atoms with van der Waals surface area (Å²) in [5.74, 6) is 0.